The molecule has 1 aromatic rings. The monoisotopic (exact) mass is 380 g/mol. The second kappa shape index (κ2) is 6.93. The number of aliphatic hydroxyl groups is 1. The minimum absolute atomic E-state index is 0.322. The van der Waals surface area contributed by atoms with Crippen molar-refractivity contribution in [1.29, 1.82) is 0 Å². The molecule has 0 aliphatic heterocycles. The van der Waals surface area contributed by atoms with Crippen LogP contribution in [0.5, 0.6) is 0 Å². The van der Waals surface area contributed by atoms with Crippen LogP contribution >= 0.6 is 0 Å². The van der Waals surface area contributed by atoms with Crippen molar-refractivity contribution < 1.29 is 5.11 Å². The molecule has 1 N–H and O–H groups in total. The molecule has 0 saturated heterocycles. The Labute approximate surface area is 170 Å². The lowest BCUT2D eigenvalue weighted by molar-refractivity contribution is -0.0875. The molecule has 7 atom stereocenters. The van der Waals surface area contributed by atoms with Crippen LogP contribution in [-0.4, -0.2) is 21.4 Å². The summed E-state index contributed by atoms with van der Waals surface area (Å²) in [6, 6.07) is 6.13. The van der Waals surface area contributed by atoms with E-state index in [2.05, 4.69) is 31.0 Å². The van der Waals surface area contributed by atoms with Crippen molar-refractivity contribution in [3.8, 4) is 0 Å². The molecule has 1 aromatic heterocycles. The molecule has 3 heteroatoms. The van der Waals surface area contributed by atoms with E-state index in [1.54, 1.807) is 0 Å². The second-order valence-corrected chi connectivity index (χ2v) is 10.8. The lowest BCUT2D eigenvalue weighted by Crippen LogP contribution is -2.50. The van der Waals surface area contributed by atoms with Crippen LogP contribution in [0.4, 0.5) is 0 Å². The van der Waals surface area contributed by atoms with Crippen molar-refractivity contribution in [1.82, 2.24) is 4.98 Å². The summed E-state index contributed by atoms with van der Waals surface area (Å²) in [5.74, 6) is 4.27. The first-order chi connectivity index (χ1) is 13.5. The van der Waals surface area contributed by atoms with Crippen LogP contribution in [0.3, 0.4) is 0 Å². The first kappa shape index (κ1) is 18.8. The Hall–Kier alpha value is -1.22. The maximum atomic E-state index is 10.6. The van der Waals surface area contributed by atoms with Crippen LogP contribution in [-0.2, 0) is 6.54 Å². The second-order valence-electron chi connectivity index (χ2n) is 10.8. The van der Waals surface area contributed by atoms with Crippen LogP contribution in [0.15, 0.2) is 29.4 Å². The topological polar surface area (TPSA) is 45.5 Å². The highest BCUT2D eigenvalue weighted by atomic mass is 16.3. The molecule has 0 bridgehead atoms. The summed E-state index contributed by atoms with van der Waals surface area (Å²) < 4.78 is 0. The van der Waals surface area contributed by atoms with E-state index in [9.17, 15) is 5.11 Å². The van der Waals surface area contributed by atoms with Gasteiger partial charge < -0.3 is 5.11 Å². The number of nitrogens with zero attached hydrogens (tertiary/aromatic N) is 2. The minimum atomic E-state index is -0.407. The molecule has 4 aliphatic rings. The zero-order chi connectivity index (χ0) is 19.4. The van der Waals surface area contributed by atoms with E-state index < -0.39 is 5.60 Å². The van der Waals surface area contributed by atoms with Gasteiger partial charge in [0.2, 0.25) is 0 Å². The SMILES string of the molecule is C[C@@]1(O)CC[C@H]2[C@H](CC[C@@H]3[C@@H]2CC[C@]2(C)C(=NCc4ccccn4)CC[C@@H]32)C1. The zero-order valence-electron chi connectivity index (χ0n) is 17.6. The number of hydrogen-bond donors (Lipinski definition) is 1. The van der Waals surface area contributed by atoms with E-state index in [-0.39, 0.29) is 0 Å². The molecule has 0 radical (unpaired) electrons. The number of pyridine rings is 1. The van der Waals surface area contributed by atoms with Crippen LogP contribution in [0, 0.1) is 35.0 Å². The Bertz CT molecular complexity index is 742. The van der Waals surface area contributed by atoms with Gasteiger partial charge in [-0.3, -0.25) is 9.98 Å². The third-order valence-corrected chi connectivity index (χ3v) is 9.14. The van der Waals surface area contributed by atoms with E-state index >= 15 is 0 Å². The molecule has 0 spiro atoms. The summed E-state index contributed by atoms with van der Waals surface area (Å²) in [4.78, 5) is 9.57. The van der Waals surface area contributed by atoms with Crippen molar-refractivity contribution in [3.05, 3.63) is 30.1 Å². The van der Waals surface area contributed by atoms with Gasteiger partial charge in [-0.1, -0.05) is 13.0 Å². The van der Waals surface area contributed by atoms with Gasteiger partial charge in [-0.25, -0.2) is 0 Å². The van der Waals surface area contributed by atoms with Crippen molar-refractivity contribution in [2.45, 2.75) is 83.8 Å². The summed E-state index contributed by atoms with van der Waals surface area (Å²) in [5, 5.41) is 10.6. The molecule has 5 rings (SSSR count). The van der Waals surface area contributed by atoms with Gasteiger partial charge in [-0.2, -0.15) is 0 Å². The predicted octanol–water partition coefficient (Wildman–Crippen LogP) is 5.43. The predicted molar refractivity (Wildman–Crippen MR) is 113 cm³/mol. The third-order valence-electron chi connectivity index (χ3n) is 9.14. The largest absolute Gasteiger partial charge is 0.390 e. The number of rotatable bonds is 2. The maximum absolute atomic E-state index is 10.6. The van der Waals surface area contributed by atoms with Gasteiger partial charge in [0, 0.05) is 17.3 Å². The average Bonchev–Trinajstić information content (AvgIpc) is 3.02. The lowest BCUT2D eigenvalue weighted by Gasteiger charge is -2.56. The minimum Gasteiger partial charge on any atom is -0.390 e. The normalized spacial score (nSPS) is 46.7. The van der Waals surface area contributed by atoms with Gasteiger partial charge >= 0.3 is 0 Å². The van der Waals surface area contributed by atoms with Crippen molar-refractivity contribution in [2.75, 3.05) is 0 Å². The molecule has 28 heavy (non-hydrogen) atoms. The lowest BCUT2D eigenvalue weighted by atomic mass is 9.50. The number of fused-ring (bicyclic) bond motifs is 5. The molecule has 1 heterocycles. The fourth-order valence-corrected chi connectivity index (χ4v) is 7.80. The van der Waals surface area contributed by atoms with Crippen molar-refractivity contribution in [3.63, 3.8) is 0 Å². The summed E-state index contributed by atoms with van der Waals surface area (Å²) in [6.45, 7) is 5.33. The Kier molecular flexibility index (Phi) is 4.65. The quantitative estimate of drug-likeness (QED) is 0.744. The number of aliphatic imine (C=N–C) groups is 1. The Balaban J connectivity index is 1.33. The smallest absolute Gasteiger partial charge is 0.0811 e. The van der Waals surface area contributed by atoms with Crippen LogP contribution < -0.4 is 0 Å². The Morgan fingerprint density at radius 2 is 1.89 bits per heavy atom. The molecular formula is C25H36N2O. The summed E-state index contributed by atoms with van der Waals surface area (Å²) in [5.41, 5.74) is 2.49. The van der Waals surface area contributed by atoms with E-state index in [1.807, 2.05) is 12.3 Å². The Morgan fingerprint density at radius 1 is 1.04 bits per heavy atom. The maximum Gasteiger partial charge on any atom is 0.0811 e. The van der Waals surface area contributed by atoms with Crippen LogP contribution in [0.25, 0.3) is 0 Å². The van der Waals surface area contributed by atoms with Gasteiger partial charge in [-0.15, -0.1) is 0 Å². The van der Waals surface area contributed by atoms with Gasteiger partial charge in [0.15, 0.2) is 0 Å². The molecule has 4 saturated carbocycles. The van der Waals surface area contributed by atoms with E-state index in [0.29, 0.717) is 5.41 Å². The fraction of sp³-hybridized carbons (Fsp3) is 0.760. The highest BCUT2D eigenvalue weighted by molar-refractivity contribution is 5.92. The molecule has 0 aromatic carbocycles. The standard InChI is InChI=1S/C25H36N2O/c1-24(28)12-10-19-17(15-24)6-7-21-20(19)11-13-25(2)22(21)8-9-23(25)27-16-18-5-3-4-14-26-18/h3-5,14,17,19-22,28H,6-13,15-16H2,1-2H3/t17-,19+,20-,21-,22+,24-,25+/m1/s1. The number of hydrogen-bond acceptors (Lipinski definition) is 3. The molecule has 4 aliphatic carbocycles. The number of aromatic nitrogens is 1. The highest BCUT2D eigenvalue weighted by Gasteiger charge is 2.56. The molecule has 3 nitrogen and oxygen atoms in total. The van der Waals surface area contributed by atoms with Gasteiger partial charge in [0.25, 0.3) is 0 Å². The molecule has 4 fully saturated rings. The average molecular weight is 381 g/mol. The Morgan fingerprint density at radius 3 is 2.71 bits per heavy atom. The molecule has 0 amide bonds. The van der Waals surface area contributed by atoms with Gasteiger partial charge in [0.05, 0.1) is 17.8 Å². The summed E-state index contributed by atoms with van der Waals surface area (Å²) in [7, 11) is 0. The van der Waals surface area contributed by atoms with Crippen molar-refractivity contribution >= 4 is 5.71 Å². The first-order valence-corrected chi connectivity index (χ1v) is 11.6. The molecule has 152 valence electrons. The highest BCUT2D eigenvalue weighted by Crippen LogP contribution is 2.62. The molecule has 0 unspecified atom stereocenters. The first-order valence-electron chi connectivity index (χ1n) is 11.6. The van der Waals surface area contributed by atoms with Crippen molar-refractivity contribution in [2.24, 2.45) is 40.0 Å². The van der Waals surface area contributed by atoms with Crippen LogP contribution in [0.1, 0.15) is 77.3 Å². The van der Waals surface area contributed by atoms with Crippen LogP contribution in [0.2, 0.25) is 0 Å². The van der Waals surface area contributed by atoms with E-state index in [0.717, 1.165) is 54.7 Å². The van der Waals surface area contributed by atoms with Gasteiger partial charge in [0.1, 0.15) is 0 Å². The van der Waals surface area contributed by atoms with E-state index in [1.165, 1.54) is 50.7 Å². The van der Waals surface area contributed by atoms with Gasteiger partial charge in [-0.05, 0) is 106 Å². The van der Waals surface area contributed by atoms with E-state index in [4.69, 9.17) is 4.99 Å². The molecular weight excluding hydrogens is 344 g/mol. The summed E-state index contributed by atoms with van der Waals surface area (Å²) in [6.07, 6.45) is 13.1. The zero-order valence-corrected chi connectivity index (χ0v) is 17.6. The third kappa shape index (κ3) is 3.14. The summed E-state index contributed by atoms with van der Waals surface area (Å²) >= 11 is 0. The fourth-order valence-electron chi connectivity index (χ4n) is 7.80.